The summed E-state index contributed by atoms with van der Waals surface area (Å²) >= 11 is 0. The van der Waals surface area contributed by atoms with Crippen molar-refractivity contribution in [2.45, 2.75) is 180 Å². The molecule has 69 heavy (non-hydrogen) atoms. The van der Waals surface area contributed by atoms with Gasteiger partial charge in [-0.25, -0.2) is 4.79 Å². The van der Waals surface area contributed by atoms with Gasteiger partial charge in [-0.15, -0.1) is 0 Å². The van der Waals surface area contributed by atoms with E-state index in [0.29, 0.717) is 56.9 Å². The molecule has 15 atom stereocenters. The Morgan fingerprint density at radius 1 is 0.884 bits per heavy atom. The van der Waals surface area contributed by atoms with E-state index in [4.69, 9.17) is 28.2 Å². The highest BCUT2D eigenvalue weighted by molar-refractivity contribution is 7.57. The summed E-state index contributed by atoms with van der Waals surface area (Å²) in [5.74, 6) is -6.95. The Labute approximate surface area is 413 Å². The van der Waals surface area contributed by atoms with Gasteiger partial charge in [-0.05, 0) is 118 Å². The fraction of sp³-hybridized carbons (Fsp3) is 0.741. The highest BCUT2D eigenvalue weighted by atomic mass is 31.2. The Hall–Kier alpha value is -3.07. The van der Waals surface area contributed by atoms with E-state index >= 15 is 0 Å². The van der Waals surface area contributed by atoms with Crippen molar-refractivity contribution >= 4 is 30.8 Å². The van der Waals surface area contributed by atoms with Crippen LogP contribution in [0.3, 0.4) is 0 Å². The number of carbonyl (C=O) groups is 4. The number of piperidine rings is 1. The molecule has 4 rings (SSSR count). The second-order valence-corrected chi connectivity index (χ2v) is 23.8. The molecule has 0 spiro atoms. The number of cyclic esters (lactones) is 1. The van der Waals surface area contributed by atoms with Gasteiger partial charge in [0, 0.05) is 65.9 Å². The molecule has 15 heteroatoms. The third-order valence-corrected chi connectivity index (χ3v) is 15.9. The Kier molecular flexibility index (Phi) is 22.5. The van der Waals surface area contributed by atoms with E-state index in [1.54, 1.807) is 54.4 Å². The zero-order chi connectivity index (χ0) is 51.4. The molecule has 2 saturated heterocycles. The van der Waals surface area contributed by atoms with Gasteiger partial charge < -0.3 is 43.3 Å². The molecule has 2 N–H and O–H groups in total. The van der Waals surface area contributed by atoms with E-state index in [2.05, 4.69) is 26.5 Å². The maximum absolute atomic E-state index is 14.5. The maximum Gasteiger partial charge on any atom is 0.329 e. The smallest absolute Gasteiger partial charge is 0.329 e. The molecule has 1 saturated carbocycles. The summed E-state index contributed by atoms with van der Waals surface area (Å²) in [6.45, 7) is 20.9. The van der Waals surface area contributed by atoms with Crippen LogP contribution in [-0.2, 0) is 52.0 Å². The van der Waals surface area contributed by atoms with Crippen LogP contribution in [0.1, 0.15) is 126 Å². The number of esters is 1. The topological polar surface area (TPSA) is 184 Å². The molecule has 3 heterocycles. The van der Waals surface area contributed by atoms with Crippen molar-refractivity contribution in [3.63, 3.8) is 0 Å². The van der Waals surface area contributed by atoms with Gasteiger partial charge in [-0.2, -0.15) is 0 Å². The van der Waals surface area contributed by atoms with Crippen LogP contribution in [0.25, 0.3) is 0 Å². The number of hydrogen-bond acceptors (Lipinski definition) is 13. The van der Waals surface area contributed by atoms with Crippen LogP contribution >= 0.6 is 7.37 Å². The van der Waals surface area contributed by atoms with Gasteiger partial charge in [0.1, 0.15) is 30.1 Å². The summed E-state index contributed by atoms with van der Waals surface area (Å²) in [6, 6.07) is -1.13. The SMILES string of the molecule is C=C1[C@H](C)C[C@H](C)/C=C/C=C/C=C(\C)[C@@H](OC)C[C@@H]2CC[C@@H](C)[C@@](O)(O2)C(=O)C(=O)N2CCCCC2C(=O)O[C@H]([C@H](C)C[C@@H]2CC[C@@H](OP(C)(C)=O)[C@H](OC)C2)CC(=O)[C@H](C)/C=C(\C)[C@@H](O)[C@H]1OC. The number of rotatable bonds is 8. The van der Waals surface area contributed by atoms with Crippen LogP contribution < -0.4 is 0 Å². The highest BCUT2D eigenvalue weighted by Gasteiger charge is 2.53. The number of aliphatic hydroxyl groups is 2. The third kappa shape index (κ3) is 16.2. The van der Waals surface area contributed by atoms with Crippen LogP contribution in [0.15, 0.2) is 59.8 Å². The van der Waals surface area contributed by atoms with Gasteiger partial charge in [0.05, 0.1) is 24.4 Å². The Morgan fingerprint density at radius 2 is 1.59 bits per heavy atom. The summed E-state index contributed by atoms with van der Waals surface area (Å²) in [4.78, 5) is 58.6. The quantitative estimate of drug-likeness (QED) is 0.102. The molecule has 1 aliphatic carbocycles. The number of Topliss-reactive ketones (excluding diaryl/α,β-unsaturated/α-hetero) is 2. The molecule has 0 aromatic rings. The number of carbonyl (C=O) groups excluding carboxylic acids is 4. The number of amides is 1. The second-order valence-electron chi connectivity index (χ2n) is 21.1. The van der Waals surface area contributed by atoms with Gasteiger partial charge in [0.2, 0.25) is 5.79 Å². The zero-order valence-corrected chi connectivity index (χ0v) is 44.6. The predicted molar refractivity (Wildman–Crippen MR) is 268 cm³/mol. The van der Waals surface area contributed by atoms with E-state index in [-0.39, 0.29) is 61.0 Å². The Bertz CT molecular complexity index is 1940. The van der Waals surface area contributed by atoms with Gasteiger partial charge in [-0.3, -0.25) is 18.9 Å². The molecule has 0 radical (unpaired) electrons. The van der Waals surface area contributed by atoms with Crippen molar-refractivity contribution in [3.8, 4) is 0 Å². The summed E-state index contributed by atoms with van der Waals surface area (Å²) in [7, 11) is 1.97. The lowest BCUT2D eigenvalue weighted by Crippen LogP contribution is -2.61. The third-order valence-electron chi connectivity index (χ3n) is 15.1. The lowest BCUT2D eigenvalue weighted by Gasteiger charge is -2.42. The predicted octanol–water partition coefficient (Wildman–Crippen LogP) is 8.73. The number of aliphatic hydroxyl groups excluding tert-OH is 1. The van der Waals surface area contributed by atoms with Gasteiger partial charge in [-0.1, -0.05) is 77.7 Å². The minimum absolute atomic E-state index is 0.00672. The van der Waals surface area contributed by atoms with Crippen LogP contribution in [-0.4, -0.2) is 134 Å². The van der Waals surface area contributed by atoms with Gasteiger partial charge >= 0.3 is 5.97 Å². The Balaban J connectivity index is 1.70. The van der Waals surface area contributed by atoms with E-state index < -0.39 is 79.2 Å². The van der Waals surface area contributed by atoms with E-state index in [1.165, 1.54) is 12.0 Å². The highest BCUT2D eigenvalue weighted by Crippen LogP contribution is 2.45. The number of hydrogen-bond donors (Lipinski definition) is 2. The standard InChI is InChI=1S/C54H86NO13P/c1-33-19-15-14-16-20-34(2)46(63-9)31-42-24-22-39(7)54(61,67-42)51(58)52(59)55-26-18-17-21-43(55)53(60)66-47(37(5)29-41-23-25-45(48(30-41)64-10)68-69(12,13)62)32-44(56)36(4)28-38(6)49(57)50(65-11)40(8)35(3)27-33/h14-16,19-20,28,33,35-37,39,41-43,45-50,57,61H,8,17-18,21-27,29-32H2,1-7,9-13H3/b16-14+,19-15+,34-20+,38-28+/t33-,35-,36-,37-,39-,41+,42+,43?,45-,46+,47+,48-,49-,50+,54-/m1/s1. The lowest BCUT2D eigenvalue weighted by molar-refractivity contribution is -0.265. The average molecular weight is 988 g/mol. The van der Waals surface area contributed by atoms with Crippen molar-refractivity contribution in [3.05, 3.63) is 59.8 Å². The average Bonchev–Trinajstić information content (AvgIpc) is 3.30. The molecule has 1 unspecified atom stereocenters. The largest absolute Gasteiger partial charge is 0.460 e. The monoisotopic (exact) mass is 988 g/mol. The fourth-order valence-electron chi connectivity index (χ4n) is 10.7. The second kappa shape index (κ2) is 26.6. The van der Waals surface area contributed by atoms with Gasteiger partial charge in [0.15, 0.2) is 7.37 Å². The number of allylic oxidation sites excluding steroid dienone is 6. The maximum atomic E-state index is 14.5. The molecule has 2 bridgehead atoms. The molecular formula is C54H86NO13P. The van der Waals surface area contributed by atoms with E-state index in [0.717, 1.165) is 24.0 Å². The van der Waals surface area contributed by atoms with Crippen molar-refractivity contribution < 1.29 is 62.2 Å². The lowest BCUT2D eigenvalue weighted by atomic mass is 9.78. The first kappa shape index (κ1) is 58.5. The number of nitrogens with zero attached hydrogens (tertiary/aromatic N) is 1. The van der Waals surface area contributed by atoms with Crippen LogP contribution in [0.5, 0.6) is 0 Å². The molecule has 1 amide bonds. The summed E-state index contributed by atoms with van der Waals surface area (Å²) in [5, 5.41) is 23.6. The van der Waals surface area contributed by atoms with E-state index in [9.17, 15) is 34.0 Å². The molecule has 4 aliphatic rings. The van der Waals surface area contributed by atoms with Crippen molar-refractivity contribution in [2.75, 3.05) is 41.2 Å². The van der Waals surface area contributed by atoms with Crippen LogP contribution in [0.4, 0.5) is 0 Å². The summed E-state index contributed by atoms with van der Waals surface area (Å²) in [6.07, 6.45) is 13.1. The Morgan fingerprint density at radius 3 is 2.25 bits per heavy atom. The minimum atomic E-state index is -2.78. The zero-order valence-electron chi connectivity index (χ0n) is 43.7. The van der Waals surface area contributed by atoms with Crippen molar-refractivity contribution in [1.29, 1.82) is 0 Å². The van der Waals surface area contributed by atoms with Crippen LogP contribution in [0.2, 0.25) is 0 Å². The number of fused-ring (bicyclic) bond motifs is 3. The van der Waals surface area contributed by atoms with Crippen LogP contribution in [0, 0.1) is 35.5 Å². The summed E-state index contributed by atoms with van der Waals surface area (Å²) < 4.78 is 48.6. The fourth-order valence-corrected chi connectivity index (χ4v) is 11.6. The first-order valence-corrected chi connectivity index (χ1v) is 27.8. The van der Waals surface area contributed by atoms with Gasteiger partial charge in [0.25, 0.3) is 11.7 Å². The number of methoxy groups -OCH3 is 3. The molecule has 3 fully saturated rings. The molecule has 0 aromatic carbocycles. The normalized spacial score (nSPS) is 39.0. The summed E-state index contributed by atoms with van der Waals surface area (Å²) in [5.41, 5.74) is 2.19. The van der Waals surface area contributed by atoms with Crippen molar-refractivity contribution in [1.82, 2.24) is 4.90 Å². The molecule has 14 nitrogen and oxygen atoms in total. The molecule has 3 aliphatic heterocycles. The van der Waals surface area contributed by atoms with Crippen molar-refractivity contribution in [2.24, 2.45) is 35.5 Å². The number of ketones is 2. The number of ether oxygens (including phenoxy) is 5. The van der Waals surface area contributed by atoms with E-state index in [1.807, 2.05) is 38.2 Å². The molecule has 0 aromatic heterocycles. The molecular weight excluding hydrogens is 902 g/mol. The first-order chi connectivity index (χ1) is 32.4. The minimum Gasteiger partial charge on any atom is -0.460 e. The molecule has 390 valence electrons. The first-order valence-electron chi connectivity index (χ1n) is 25.3.